The molecule has 0 aliphatic carbocycles. The average Bonchev–Trinajstić information content (AvgIpc) is 3.05. The third-order valence-corrected chi connectivity index (χ3v) is 8.99. The predicted molar refractivity (Wildman–Crippen MR) is 176 cm³/mol. The number of primary sulfonamides is 1. The maximum atomic E-state index is 12.8. The van der Waals surface area contributed by atoms with Gasteiger partial charge in [-0.25, -0.2) is 13.6 Å². The van der Waals surface area contributed by atoms with Crippen molar-refractivity contribution < 1.29 is 13.2 Å². The summed E-state index contributed by atoms with van der Waals surface area (Å²) in [5, 5.41) is 8.28. The summed E-state index contributed by atoms with van der Waals surface area (Å²) in [5.74, 6) is 0.781. The number of nitrogens with zero attached hydrogens (tertiary/aromatic N) is 2. The molecule has 1 amide bonds. The van der Waals surface area contributed by atoms with Crippen molar-refractivity contribution in [1.82, 2.24) is 15.2 Å². The van der Waals surface area contributed by atoms with Gasteiger partial charge in [-0.1, -0.05) is 72.8 Å². The summed E-state index contributed by atoms with van der Waals surface area (Å²) in [7, 11) is -3.73. The van der Waals surface area contributed by atoms with E-state index in [0.717, 1.165) is 46.8 Å². The van der Waals surface area contributed by atoms with E-state index in [0.29, 0.717) is 18.7 Å². The second kappa shape index (κ2) is 14.9. The predicted octanol–water partition coefficient (Wildman–Crippen LogP) is 6.12. The zero-order chi connectivity index (χ0) is 30.8. The van der Waals surface area contributed by atoms with Crippen molar-refractivity contribution in [3.05, 3.63) is 150 Å². The summed E-state index contributed by atoms with van der Waals surface area (Å²) in [4.78, 5) is 20.8. The number of hydrogen-bond acceptors (Lipinski definition) is 6. The highest BCUT2D eigenvalue weighted by Gasteiger charge is 2.12. The first-order valence-corrected chi connectivity index (χ1v) is 16.8. The van der Waals surface area contributed by atoms with Crippen LogP contribution in [0.4, 0.5) is 0 Å². The molecule has 9 heteroatoms. The summed E-state index contributed by atoms with van der Waals surface area (Å²) in [6, 6.07) is 38.5. The largest absolute Gasteiger partial charge is 0.348 e. The molecule has 0 atom stereocenters. The Labute approximate surface area is 263 Å². The lowest BCUT2D eigenvalue weighted by atomic mass is 10.1. The molecule has 0 aliphatic heterocycles. The Morgan fingerprint density at radius 2 is 1.36 bits per heavy atom. The molecule has 1 heterocycles. The zero-order valence-electron chi connectivity index (χ0n) is 24.2. The summed E-state index contributed by atoms with van der Waals surface area (Å²) >= 11 is 1.80. The number of nitrogens with one attached hydrogen (secondary N) is 1. The van der Waals surface area contributed by atoms with Crippen LogP contribution in [-0.2, 0) is 29.7 Å². The van der Waals surface area contributed by atoms with Gasteiger partial charge in [0.05, 0.1) is 10.6 Å². The summed E-state index contributed by atoms with van der Waals surface area (Å²) in [6.45, 7) is 2.65. The van der Waals surface area contributed by atoms with Crippen LogP contribution in [0.15, 0.2) is 137 Å². The van der Waals surface area contributed by atoms with E-state index < -0.39 is 10.0 Å². The number of thioether (sulfide) groups is 1. The minimum atomic E-state index is -3.73. The lowest BCUT2D eigenvalue weighted by Crippen LogP contribution is -2.25. The third-order valence-electron chi connectivity index (χ3n) is 7.07. The lowest BCUT2D eigenvalue weighted by Gasteiger charge is -2.23. The van der Waals surface area contributed by atoms with Crippen LogP contribution in [0.1, 0.15) is 27.0 Å². The van der Waals surface area contributed by atoms with Gasteiger partial charge < -0.3 is 5.32 Å². The number of hydrogen-bond donors (Lipinski definition) is 2. The summed E-state index contributed by atoms with van der Waals surface area (Å²) in [5.41, 5.74) is 5.60. The quantitative estimate of drug-likeness (QED) is 0.153. The fourth-order valence-corrected chi connectivity index (χ4v) is 6.15. The molecule has 0 aliphatic rings. The van der Waals surface area contributed by atoms with Gasteiger partial charge in [-0.2, -0.15) is 0 Å². The van der Waals surface area contributed by atoms with Gasteiger partial charge in [-0.15, -0.1) is 11.8 Å². The highest BCUT2D eigenvalue weighted by atomic mass is 32.2. The van der Waals surface area contributed by atoms with E-state index in [9.17, 15) is 13.2 Å². The first-order chi connectivity index (χ1) is 21.3. The van der Waals surface area contributed by atoms with Gasteiger partial charge in [0.25, 0.3) is 5.91 Å². The molecule has 0 unspecified atom stereocenters. The van der Waals surface area contributed by atoms with Crippen molar-refractivity contribution in [2.45, 2.75) is 29.4 Å². The van der Waals surface area contributed by atoms with E-state index in [-0.39, 0.29) is 10.8 Å². The van der Waals surface area contributed by atoms with Crippen LogP contribution in [0.3, 0.4) is 0 Å². The number of amides is 1. The number of rotatable bonds is 13. The number of pyridine rings is 1. The molecule has 5 rings (SSSR count). The lowest BCUT2D eigenvalue weighted by molar-refractivity contribution is 0.0951. The number of aromatic nitrogens is 1. The van der Waals surface area contributed by atoms with Gasteiger partial charge in [0.1, 0.15) is 0 Å². The van der Waals surface area contributed by atoms with Crippen LogP contribution in [0, 0.1) is 0 Å². The van der Waals surface area contributed by atoms with Crippen LogP contribution < -0.4 is 10.5 Å². The van der Waals surface area contributed by atoms with Crippen molar-refractivity contribution in [3.63, 3.8) is 0 Å². The maximum absolute atomic E-state index is 12.8. The second-order valence-electron chi connectivity index (χ2n) is 10.4. The molecule has 3 N–H and O–H groups in total. The average molecular weight is 623 g/mol. The van der Waals surface area contributed by atoms with E-state index in [4.69, 9.17) is 5.14 Å². The van der Waals surface area contributed by atoms with Crippen LogP contribution in [0.2, 0.25) is 0 Å². The van der Waals surface area contributed by atoms with Gasteiger partial charge in [0.2, 0.25) is 10.0 Å². The Morgan fingerprint density at radius 3 is 1.98 bits per heavy atom. The maximum Gasteiger partial charge on any atom is 0.251 e. The number of nitrogens with two attached hydrogens (primary N) is 1. The SMILES string of the molecule is NS(=O)(=O)c1ccc(CN(CCSc2ccccc2)Cc2ccc(CNC(=O)c3ccc(-c4ccccn4)cc3)cc2)cc1. The van der Waals surface area contributed by atoms with Crippen molar-refractivity contribution in [1.29, 1.82) is 0 Å². The normalized spacial score (nSPS) is 11.4. The Hall–Kier alpha value is -4.28. The molecule has 5 aromatic rings. The van der Waals surface area contributed by atoms with Crippen LogP contribution in [-0.4, -0.2) is 36.5 Å². The van der Waals surface area contributed by atoms with E-state index in [1.165, 1.54) is 4.90 Å². The van der Waals surface area contributed by atoms with E-state index >= 15 is 0 Å². The van der Waals surface area contributed by atoms with Gasteiger partial charge in [0.15, 0.2) is 0 Å². The molecule has 44 heavy (non-hydrogen) atoms. The molecule has 224 valence electrons. The highest BCUT2D eigenvalue weighted by Crippen LogP contribution is 2.20. The fraction of sp³-hybridized carbons (Fsp3) is 0.143. The van der Waals surface area contributed by atoms with Crippen LogP contribution >= 0.6 is 11.8 Å². The third kappa shape index (κ3) is 9.11. The molecule has 0 saturated heterocycles. The van der Waals surface area contributed by atoms with Gasteiger partial charge in [0, 0.05) is 54.2 Å². The van der Waals surface area contributed by atoms with E-state index in [2.05, 4.69) is 39.5 Å². The van der Waals surface area contributed by atoms with Crippen molar-refractivity contribution in [3.8, 4) is 11.3 Å². The Balaban J connectivity index is 1.18. The molecule has 0 spiro atoms. The molecule has 7 nitrogen and oxygen atoms in total. The Morgan fingerprint density at radius 1 is 0.750 bits per heavy atom. The molecular formula is C35H34N4O3S2. The summed E-state index contributed by atoms with van der Waals surface area (Å²) < 4.78 is 23.3. The topological polar surface area (TPSA) is 105 Å². The number of sulfonamides is 1. The molecule has 0 saturated carbocycles. The van der Waals surface area contributed by atoms with E-state index in [1.54, 1.807) is 30.1 Å². The Bertz CT molecular complexity index is 1750. The molecule has 0 bridgehead atoms. The standard InChI is InChI=1S/C35H34N4O3S2/c36-44(41,42)33-19-13-29(14-20-33)26-39(22-23-43-32-6-2-1-3-7-32)25-28-11-9-27(10-12-28)24-38-35(40)31-17-15-30(16-18-31)34-8-4-5-21-37-34/h1-21H,22-26H2,(H,38,40)(H2,36,41,42). The second-order valence-corrected chi connectivity index (χ2v) is 13.1. The molecule has 0 fully saturated rings. The minimum Gasteiger partial charge on any atom is -0.348 e. The van der Waals surface area contributed by atoms with E-state index in [1.807, 2.05) is 84.9 Å². The van der Waals surface area contributed by atoms with Crippen LogP contribution in [0.25, 0.3) is 11.3 Å². The first kappa shape index (κ1) is 31.2. The molecule has 0 radical (unpaired) electrons. The number of carbonyl (C=O) groups is 1. The monoisotopic (exact) mass is 622 g/mol. The minimum absolute atomic E-state index is 0.108. The number of benzene rings is 4. The highest BCUT2D eigenvalue weighted by molar-refractivity contribution is 7.99. The van der Waals surface area contributed by atoms with Gasteiger partial charge in [-0.05, 0) is 65.2 Å². The summed E-state index contributed by atoms with van der Waals surface area (Å²) in [6.07, 6.45) is 1.75. The molecule has 4 aromatic carbocycles. The van der Waals surface area contributed by atoms with Crippen molar-refractivity contribution >= 4 is 27.7 Å². The number of carbonyl (C=O) groups excluding carboxylic acids is 1. The Kier molecular flexibility index (Phi) is 10.6. The zero-order valence-corrected chi connectivity index (χ0v) is 25.8. The molecular weight excluding hydrogens is 589 g/mol. The fourth-order valence-electron chi connectivity index (χ4n) is 4.70. The van der Waals surface area contributed by atoms with Gasteiger partial charge >= 0.3 is 0 Å². The van der Waals surface area contributed by atoms with Crippen LogP contribution in [0.5, 0.6) is 0 Å². The molecule has 1 aromatic heterocycles. The first-order valence-electron chi connectivity index (χ1n) is 14.2. The van der Waals surface area contributed by atoms with Crippen molar-refractivity contribution in [2.75, 3.05) is 12.3 Å². The van der Waals surface area contributed by atoms with Gasteiger partial charge in [-0.3, -0.25) is 14.7 Å². The smallest absolute Gasteiger partial charge is 0.251 e. The van der Waals surface area contributed by atoms with Crippen molar-refractivity contribution in [2.24, 2.45) is 5.14 Å².